The Morgan fingerprint density at radius 2 is 1.78 bits per heavy atom. The van der Waals surface area contributed by atoms with E-state index >= 15 is 0 Å². The molecule has 3 aromatic heterocycles. The van der Waals surface area contributed by atoms with E-state index in [4.69, 9.17) is 10.5 Å². The number of carbonyl (C=O) groups is 1. The van der Waals surface area contributed by atoms with Crippen LogP contribution in [-0.2, 0) is 4.74 Å². The lowest BCUT2D eigenvalue weighted by Crippen LogP contribution is -2.42. The molecule has 4 heterocycles. The summed E-state index contributed by atoms with van der Waals surface area (Å²) in [5, 5.41) is 4.59. The van der Waals surface area contributed by atoms with Crippen LogP contribution in [0.4, 0.5) is 15.0 Å². The maximum Gasteiger partial charge on any atom is 0.410 e. The first kappa shape index (κ1) is 24.5. The molecule has 0 bridgehead atoms. The first-order valence-electron chi connectivity index (χ1n) is 12.3. The topological polar surface area (TPSA) is 115 Å². The van der Waals surface area contributed by atoms with Crippen LogP contribution < -0.4 is 5.73 Å². The van der Waals surface area contributed by atoms with Crippen molar-refractivity contribution in [2.45, 2.75) is 45.3 Å². The molecule has 0 spiro atoms. The predicted octanol–water partition coefficient (Wildman–Crippen LogP) is 5.30. The van der Waals surface area contributed by atoms with Gasteiger partial charge in [-0.15, -0.1) is 0 Å². The van der Waals surface area contributed by atoms with E-state index in [9.17, 15) is 9.18 Å². The Morgan fingerprint density at radius 3 is 2.49 bits per heavy atom. The molecule has 37 heavy (non-hydrogen) atoms. The molecule has 0 saturated carbocycles. The number of aromatic amines is 1. The normalized spacial score (nSPS) is 14.6. The van der Waals surface area contributed by atoms with E-state index in [1.54, 1.807) is 29.4 Å². The van der Waals surface area contributed by atoms with Crippen molar-refractivity contribution in [1.29, 1.82) is 0 Å². The molecule has 1 aliphatic rings. The molecule has 1 saturated heterocycles. The fourth-order valence-corrected chi connectivity index (χ4v) is 4.38. The number of nitrogens with zero attached hydrogens (tertiary/aromatic N) is 5. The summed E-state index contributed by atoms with van der Waals surface area (Å²) >= 11 is 0. The van der Waals surface area contributed by atoms with E-state index in [0.29, 0.717) is 30.3 Å². The minimum Gasteiger partial charge on any atom is -0.444 e. The van der Waals surface area contributed by atoms with Crippen LogP contribution in [0, 0.1) is 5.82 Å². The molecular weight excluding hydrogens is 473 g/mol. The fraction of sp³-hybridized carbons (Fsp3) is 0.333. The summed E-state index contributed by atoms with van der Waals surface area (Å²) in [6.45, 7) is 6.86. The smallest absolute Gasteiger partial charge is 0.410 e. The van der Waals surface area contributed by atoms with Crippen LogP contribution >= 0.6 is 0 Å². The summed E-state index contributed by atoms with van der Waals surface area (Å²) in [5.41, 5.74) is 9.70. The number of benzene rings is 1. The van der Waals surface area contributed by atoms with Crippen LogP contribution in [0.25, 0.3) is 33.8 Å². The molecule has 192 valence electrons. The Bertz CT molecular complexity index is 1400. The summed E-state index contributed by atoms with van der Waals surface area (Å²) in [7, 11) is 0. The monoisotopic (exact) mass is 503 g/mol. The molecule has 4 aromatic rings. The van der Waals surface area contributed by atoms with Gasteiger partial charge < -0.3 is 20.4 Å². The minimum absolute atomic E-state index is 0.192. The van der Waals surface area contributed by atoms with Crippen LogP contribution in [0.3, 0.4) is 0 Å². The summed E-state index contributed by atoms with van der Waals surface area (Å²) in [6.07, 6.45) is 8.54. The summed E-state index contributed by atoms with van der Waals surface area (Å²) in [5.74, 6) is 0.637. The van der Waals surface area contributed by atoms with Gasteiger partial charge in [0.25, 0.3) is 0 Å². The van der Waals surface area contributed by atoms with Gasteiger partial charge in [-0.3, -0.25) is 4.68 Å². The maximum absolute atomic E-state index is 13.3. The number of hydrogen-bond donors (Lipinski definition) is 2. The average molecular weight is 504 g/mol. The van der Waals surface area contributed by atoms with Crippen LogP contribution in [-0.4, -0.2) is 54.4 Å². The molecular formula is C27H30FN7O2. The van der Waals surface area contributed by atoms with Crippen molar-refractivity contribution >= 4 is 11.9 Å². The number of nitrogens with two attached hydrogens (primary N) is 1. The van der Waals surface area contributed by atoms with Crippen molar-refractivity contribution in [2.75, 3.05) is 18.8 Å². The molecule has 1 amide bonds. The van der Waals surface area contributed by atoms with Gasteiger partial charge >= 0.3 is 6.09 Å². The van der Waals surface area contributed by atoms with E-state index in [-0.39, 0.29) is 18.0 Å². The highest BCUT2D eigenvalue weighted by Crippen LogP contribution is 2.31. The van der Waals surface area contributed by atoms with Crippen molar-refractivity contribution in [1.82, 2.24) is 29.6 Å². The van der Waals surface area contributed by atoms with Crippen molar-refractivity contribution in [3.63, 3.8) is 0 Å². The SMILES string of the molecule is CC(C)(C)OC(=O)N1CCC(n2cc(-c3cnc(N)c(-c4ncc(-c5ccc(F)cc5)[nH]4)c3)cn2)CC1. The van der Waals surface area contributed by atoms with Crippen molar-refractivity contribution in [2.24, 2.45) is 0 Å². The predicted molar refractivity (Wildman–Crippen MR) is 139 cm³/mol. The largest absolute Gasteiger partial charge is 0.444 e. The number of nitrogens with one attached hydrogen (secondary N) is 1. The van der Waals surface area contributed by atoms with Gasteiger partial charge in [0.15, 0.2) is 0 Å². The third-order valence-electron chi connectivity index (χ3n) is 6.33. The fourth-order valence-electron chi connectivity index (χ4n) is 4.38. The second kappa shape index (κ2) is 9.68. The van der Waals surface area contributed by atoms with Crippen molar-refractivity contribution in [3.05, 3.63) is 60.9 Å². The highest BCUT2D eigenvalue weighted by atomic mass is 19.1. The molecule has 0 aliphatic carbocycles. The third-order valence-corrected chi connectivity index (χ3v) is 6.33. The van der Waals surface area contributed by atoms with Crippen molar-refractivity contribution < 1.29 is 13.9 Å². The number of aromatic nitrogens is 5. The molecule has 0 unspecified atom stereocenters. The number of H-pyrrole nitrogens is 1. The zero-order valence-corrected chi connectivity index (χ0v) is 21.1. The number of anilines is 1. The Morgan fingerprint density at radius 1 is 1.05 bits per heavy atom. The molecule has 1 fully saturated rings. The molecule has 0 atom stereocenters. The van der Waals surface area contributed by atoms with Gasteiger partial charge in [-0.05, 0) is 69.5 Å². The van der Waals surface area contributed by atoms with E-state index in [1.165, 1.54) is 12.1 Å². The maximum atomic E-state index is 13.3. The van der Waals surface area contributed by atoms with Gasteiger partial charge in [-0.25, -0.2) is 19.2 Å². The van der Waals surface area contributed by atoms with Gasteiger partial charge in [-0.2, -0.15) is 5.10 Å². The molecule has 5 rings (SSSR count). The Balaban J connectivity index is 1.30. The minimum atomic E-state index is -0.505. The van der Waals surface area contributed by atoms with Crippen LogP contribution in [0.2, 0.25) is 0 Å². The first-order valence-corrected chi connectivity index (χ1v) is 12.3. The summed E-state index contributed by atoms with van der Waals surface area (Å²) < 4.78 is 20.7. The number of pyridine rings is 1. The number of rotatable bonds is 4. The number of likely N-dealkylation sites (tertiary alicyclic amines) is 1. The number of nitrogen functional groups attached to an aromatic ring is 1. The van der Waals surface area contributed by atoms with Crippen molar-refractivity contribution in [3.8, 4) is 33.8 Å². The van der Waals surface area contributed by atoms with Gasteiger partial charge in [-0.1, -0.05) is 0 Å². The van der Waals surface area contributed by atoms with Crippen LogP contribution in [0.15, 0.2) is 55.1 Å². The molecule has 0 radical (unpaired) electrons. The van der Waals surface area contributed by atoms with Gasteiger partial charge in [0.1, 0.15) is 23.1 Å². The van der Waals surface area contributed by atoms with Crippen LogP contribution in [0.1, 0.15) is 39.7 Å². The zero-order valence-electron chi connectivity index (χ0n) is 21.1. The van der Waals surface area contributed by atoms with Crippen LogP contribution in [0.5, 0.6) is 0 Å². The number of hydrogen-bond acceptors (Lipinski definition) is 6. The third kappa shape index (κ3) is 5.47. The van der Waals surface area contributed by atoms with Gasteiger partial charge in [0.05, 0.1) is 29.7 Å². The molecule has 1 aromatic carbocycles. The van der Waals surface area contributed by atoms with Gasteiger partial charge in [0.2, 0.25) is 0 Å². The van der Waals surface area contributed by atoms with Gasteiger partial charge in [0, 0.05) is 36.6 Å². The number of carbonyl (C=O) groups excluding carboxylic acids is 1. The second-order valence-corrected chi connectivity index (χ2v) is 10.2. The number of imidazole rings is 1. The molecule has 3 N–H and O–H groups in total. The standard InChI is InChI=1S/C27H30FN7O2/c1-27(2,3)37-26(36)34-10-8-21(9-11-34)35-16-19(14-32-35)18-12-22(24(29)30-13-18)25-31-15-23(33-25)17-4-6-20(28)7-5-17/h4-7,12-16,21H,8-11H2,1-3H3,(H2,29,30)(H,31,33). The lowest BCUT2D eigenvalue weighted by atomic mass is 10.1. The Kier molecular flexibility index (Phi) is 6.41. The molecule has 9 nitrogen and oxygen atoms in total. The van der Waals surface area contributed by atoms with E-state index in [0.717, 1.165) is 35.2 Å². The van der Waals surface area contributed by atoms with E-state index in [2.05, 4.69) is 20.1 Å². The summed E-state index contributed by atoms with van der Waals surface area (Å²) in [4.78, 5) is 26.2. The first-order chi connectivity index (χ1) is 17.7. The number of ether oxygens (including phenoxy) is 1. The lowest BCUT2D eigenvalue weighted by Gasteiger charge is -2.33. The Hall–Kier alpha value is -4.21. The number of piperidine rings is 1. The lowest BCUT2D eigenvalue weighted by molar-refractivity contribution is 0.0185. The number of halogens is 1. The molecule has 1 aliphatic heterocycles. The molecule has 10 heteroatoms. The van der Waals surface area contributed by atoms with E-state index in [1.807, 2.05) is 43.9 Å². The average Bonchev–Trinajstić information content (AvgIpc) is 3.55. The quantitative estimate of drug-likeness (QED) is 0.391. The Labute approximate surface area is 214 Å². The highest BCUT2D eigenvalue weighted by molar-refractivity contribution is 5.77. The van der Waals surface area contributed by atoms with E-state index < -0.39 is 5.60 Å². The number of amides is 1. The second-order valence-electron chi connectivity index (χ2n) is 10.2. The zero-order chi connectivity index (χ0) is 26.2. The highest BCUT2D eigenvalue weighted by Gasteiger charge is 2.28. The summed E-state index contributed by atoms with van der Waals surface area (Å²) in [6, 6.07) is 8.32.